The molecule has 7 aromatic rings. The van der Waals surface area contributed by atoms with Gasteiger partial charge in [-0.1, -0.05) is 42.5 Å². The Labute approximate surface area is 377 Å². The van der Waals surface area contributed by atoms with Crippen LogP contribution in [0.4, 0.5) is 101 Å². The largest absolute Gasteiger partial charge is 0.575 e. The summed E-state index contributed by atoms with van der Waals surface area (Å²) in [5.41, 5.74) is -13.8. The number of fused-ring (bicyclic) bond motifs is 1. The normalized spacial score (nSPS) is 11.8. The molecule has 0 unspecified atom stereocenters. The van der Waals surface area contributed by atoms with Gasteiger partial charge in [0.05, 0.1) is 0 Å². The van der Waals surface area contributed by atoms with Crippen LogP contribution in [0, 0.1) is 116 Å². The van der Waals surface area contributed by atoms with Gasteiger partial charge in [-0.3, -0.25) is 4.79 Å². The molecule has 372 valence electrons. The van der Waals surface area contributed by atoms with Gasteiger partial charge in [-0.05, 0) is 12.1 Å². The second-order valence-electron chi connectivity index (χ2n) is 14.3. The summed E-state index contributed by atoms with van der Waals surface area (Å²) in [6, 6.07) is 17.8. The van der Waals surface area contributed by atoms with Gasteiger partial charge >= 0.3 is 12.3 Å². The summed E-state index contributed by atoms with van der Waals surface area (Å²) in [6.07, 6.45) is -12.3. The first kappa shape index (κ1) is 52.7. The minimum absolute atomic E-state index is 0.298. The van der Waals surface area contributed by atoms with E-state index < -0.39 is 157 Å². The predicted molar refractivity (Wildman–Crippen MR) is 196 cm³/mol. The molecular weight excluding hydrogens is 1030 g/mol. The molecule has 0 spiro atoms. The van der Waals surface area contributed by atoms with Crippen LogP contribution < -0.4 is 26.4 Å². The molecule has 71 heavy (non-hydrogen) atoms. The van der Waals surface area contributed by atoms with E-state index in [1.807, 2.05) is 0 Å². The van der Waals surface area contributed by atoms with E-state index in [4.69, 9.17) is 0 Å². The molecule has 0 aliphatic carbocycles. The average molecular weight is 1040 g/mol. The van der Waals surface area contributed by atoms with Crippen LogP contribution in [0.15, 0.2) is 66.7 Å². The fraction of sp³-hybridized carbons (Fsp3) is 0.0465. The molecule has 1 aromatic heterocycles. The van der Waals surface area contributed by atoms with Crippen molar-refractivity contribution in [3.8, 4) is 0 Å². The van der Waals surface area contributed by atoms with E-state index in [0.29, 0.717) is 16.5 Å². The summed E-state index contributed by atoms with van der Waals surface area (Å²) < 4.78 is 336. The number of hydrogen-bond acceptors (Lipinski definition) is 3. The van der Waals surface area contributed by atoms with Crippen LogP contribution in [0.25, 0.3) is 10.9 Å². The van der Waals surface area contributed by atoms with E-state index in [1.54, 1.807) is 54.6 Å². The second kappa shape index (κ2) is 19.3. The summed E-state index contributed by atoms with van der Waals surface area (Å²) >= 11 is 0. The highest BCUT2D eigenvalue weighted by Gasteiger charge is 2.52. The van der Waals surface area contributed by atoms with Crippen molar-refractivity contribution in [2.75, 3.05) is 0 Å². The molecule has 0 saturated heterocycles. The molecule has 7 rings (SSSR count). The van der Waals surface area contributed by atoms with Gasteiger partial charge in [0, 0.05) is 23.1 Å². The fourth-order valence-corrected chi connectivity index (χ4v) is 7.50. The number of Topliss-reactive ketones (excluding diaryl/α,β-unsaturated/α-hetero) is 1. The molecule has 0 saturated carbocycles. The number of rotatable bonds is 8. The van der Waals surface area contributed by atoms with Crippen LogP contribution >= 0.6 is 0 Å². The van der Waals surface area contributed by atoms with E-state index in [1.165, 1.54) is 16.7 Å². The minimum Gasteiger partial charge on any atom is -0.365 e. The van der Waals surface area contributed by atoms with Crippen molar-refractivity contribution < 1.29 is 120 Å². The van der Waals surface area contributed by atoms with Crippen molar-refractivity contribution in [1.29, 1.82) is 0 Å². The number of carbonyl (C=O) groups excluding carboxylic acids is 2. The third kappa shape index (κ3) is 8.71. The van der Waals surface area contributed by atoms with Crippen LogP contribution in [0.5, 0.6) is 0 Å². The Kier molecular flexibility index (Phi) is 14.3. The first-order chi connectivity index (χ1) is 33.1. The Balaban J connectivity index is 0.000000268. The molecule has 1 heterocycles. The number of esters is 1. The van der Waals surface area contributed by atoms with Crippen molar-refractivity contribution in [2.24, 2.45) is 0 Å². The first-order valence-electron chi connectivity index (χ1n) is 18.6. The van der Waals surface area contributed by atoms with Crippen molar-refractivity contribution in [3.05, 3.63) is 194 Å². The standard InChI is InChI=1S/C24BF20.C19H13F3NO3/c26-5-1(6(27)14(35)21(42)13(5)34)25(2-7(28)15(36)22(43)16(37)8(2)29,3-9(30)17(38)23(44)18(39)10(3)31)4-11(32)19(40)24(45)20(41)12(4)33;20-19(21,22)26-18(25)16-11-10-13-6-4-5-9-15(13)23(16)12-17(24)14-7-2-1-3-8-14/h;1-11H,12H2/q-1;+1. The third-order valence-electron chi connectivity index (χ3n) is 10.5. The Morgan fingerprint density at radius 3 is 1.01 bits per heavy atom. The zero-order chi connectivity index (χ0) is 53.1. The van der Waals surface area contributed by atoms with Crippen molar-refractivity contribution >= 4 is 50.7 Å². The zero-order valence-electron chi connectivity index (χ0n) is 33.5. The number of aromatic nitrogens is 1. The Morgan fingerprint density at radius 2 is 0.690 bits per heavy atom. The maximum Gasteiger partial charge on any atom is 0.575 e. The van der Waals surface area contributed by atoms with Crippen molar-refractivity contribution in [2.45, 2.75) is 12.9 Å². The lowest BCUT2D eigenvalue weighted by atomic mass is 9.12. The van der Waals surface area contributed by atoms with Gasteiger partial charge in [-0.25, -0.2) is 92.6 Å². The van der Waals surface area contributed by atoms with Gasteiger partial charge in [0.25, 0.3) is 5.69 Å². The van der Waals surface area contributed by atoms with Crippen LogP contribution in [0.2, 0.25) is 0 Å². The number of ether oxygens (including phenoxy) is 1. The average Bonchev–Trinajstić information content (AvgIpc) is 3.33. The van der Waals surface area contributed by atoms with Crippen molar-refractivity contribution in [1.82, 2.24) is 0 Å². The van der Waals surface area contributed by atoms with Gasteiger partial charge in [-0.15, -0.1) is 35.0 Å². The minimum atomic E-state index is -7.22. The highest BCUT2D eigenvalue weighted by molar-refractivity contribution is 7.20. The molecule has 0 fully saturated rings. The summed E-state index contributed by atoms with van der Waals surface area (Å²) in [7, 11) is 0. The molecule has 0 aliphatic rings. The van der Waals surface area contributed by atoms with E-state index >= 15 is 35.1 Å². The molecule has 0 amide bonds. The number of pyridine rings is 1. The maximum atomic E-state index is 15.4. The number of carbonyl (C=O) groups is 2. The molecular formula is C43H13BF23NO3. The Morgan fingerprint density at radius 1 is 0.394 bits per heavy atom. The van der Waals surface area contributed by atoms with Crippen LogP contribution in [0.3, 0.4) is 0 Å². The number of hydrogen-bond donors (Lipinski definition) is 0. The van der Waals surface area contributed by atoms with Crippen LogP contribution in [-0.4, -0.2) is 24.3 Å². The van der Waals surface area contributed by atoms with Crippen LogP contribution in [0.1, 0.15) is 20.8 Å². The molecule has 0 radical (unpaired) electrons. The number of ketones is 1. The molecule has 4 nitrogen and oxygen atoms in total. The molecule has 0 bridgehead atoms. The van der Waals surface area contributed by atoms with Gasteiger partial charge in [0.1, 0.15) is 52.7 Å². The number of alkyl halides is 3. The summed E-state index contributed by atoms with van der Waals surface area (Å²) in [6.45, 7) is -0.298. The Bertz CT molecular complexity index is 2970. The number of halogens is 23. The van der Waals surface area contributed by atoms with E-state index in [2.05, 4.69) is 4.74 Å². The smallest absolute Gasteiger partial charge is 0.365 e. The number of para-hydroxylation sites is 1. The molecule has 0 aliphatic heterocycles. The summed E-state index contributed by atoms with van der Waals surface area (Å²) in [4.78, 5) is 24.5. The lowest BCUT2D eigenvalue weighted by Gasteiger charge is -2.44. The molecule has 0 atom stereocenters. The van der Waals surface area contributed by atoms with Crippen LogP contribution in [-0.2, 0) is 11.3 Å². The quantitative estimate of drug-likeness (QED) is 0.0290. The van der Waals surface area contributed by atoms with E-state index in [-0.39, 0.29) is 18.0 Å². The number of benzene rings is 6. The lowest BCUT2D eigenvalue weighted by molar-refractivity contribution is -0.660. The maximum absolute atomic E-state index is 15.4. The van der Waals surface area contributed by atoms with Gasteiger partial charge in [0.2, 0.25) is 17.8 Å². The summed E-state index contributed by atoms with van der Waals surface area (Å²) in [5, 5.41) is 0.678. The van der Waals surface area contributed by atoms with Gasteiger partial charge < -0.3 is 4.74 Å². The van der Waals surface area contributed by atoms with E-state index in [0.717, 1.165) is 0 Å². The SMILES string of the molecule is Fc1c(F)c(F)c([B-](c2c(F)c(F)c(F)c(F)c2F)(c2c(F)c(F)c(F)c(F)c2F)c2c(F)c(F)c(F)c(F)c2F)c(F)c1F.O=C(C[n+]1c(C(=O)OC(F)(F)F)ccc2ccccc21)c1ccccc1. The monoisotopic (exact) mass is 1040 g/mol. The molecule has 28 heteroatoms. The molecule has 0 N–H and O–H groups in total. The van der Waals surface area contributed by atoms with E-state index in [9.17, 15) is 75.4 Å². The zero-order valence-corrected chi connectivity index (χ0v) is 33.5. The molecule has 6 aromatic carbocycles. The fourth-order valence-electron chi connectivity index (χ4n) is 7.50. The van der Waals surface area contributed by atoms with Crippen molar-refractivity contribution in [3.63, 3.8) is 0 Å². The van der Waals surface area contributed by atoms with Gasteiger partial charge in [0.15, 0.2) is 69.8 Å². The topological polar surface area (TPSA) is 47.2 Å². The second-order valence-corrected chi connectivity index (χ2v) is 14.3. The third-order valence-corrected chi connectivity index (χ3v) is 10.5. The lowest BCUT2D eigenvalue weighted by Crippen LogP contribution is -2.81. The summed E-state index contributed by atoms with van der Waals surface area (Å²) in [5.74, 6) is -73.3. The Hall–Kier alpha value is -7.68. The predicted octanol–water partition coefficient (Wildman–Crippen LogP) is 9.53. The first-order valence-corrected chi connectivity index (χ1v) is 18.6. The highest BCUT2D eigenvalue weighted by atomic mass is 19.4. The number of nitrogens with zero attached hydrogens (tertiary/aromatic N) is 1. The van der Waals surface area contributed by atoms with Gasteiger partial charge in [-0.2, -0.15) is 4.57 Å². The highest BCUT2D eigenvalue weighted by Crippen LogP contribution is 2.31.